The zero-order valence-corrected chi connectivity index (χ0v) is 11.5. The molecule has 0 aromatic carbocycles. The first kappa shape index (κ1) is 15.1. The summed E-state index contributed by atoms with van der Waals surface area (Å²) in [6.45, 7) is 6.28. The van der Waals surface area contributed by atoms with Crippen molar-refractivity contribution in [2.75, 3.05) is 0 Å². The first-order valence-electron chi connectivity index (χ1n) is 6.14. The quantitative estimate of drug-likeness (QED) is 0.795. The molecule has 0 aliphatic heterocycles. The van der Waals surface area contributed by atoms with E-state index in [1.165, 1.54) is 10.9 Å². The summed E-state index contributed by atoms with van der Waals surface area (Å²) < 4.78 is 1.22. The highest BCUT2D eigenvalue weighted by Crippen LogP contribution is 2.20. The lowest BCUT2D eigenvalue weighted by atomic mass is 9.90. The van der Waals surface area contributed by atoms with Crippen molar-refractivity contribution in [3.8, 4) is 0 Å². The minimum atomic E-state index is -0.981. The van der Waals surface area contributed by atoms with Crippen LogP contribution in [0.15, 0.2) is 6.20 Å². The number of hydrogen-bond acceptors (Lipinski definition) is 4. The van der Waals surface area contributed by atoms with Crippen LogP contribution in [0.1, 0.15) is 39.3 Å². The molecule has 1 aromatic rings. The summed E-state index contributed by atoms with van der Waals surface area (Å²) in [6.07, 6.45) is 2.79. The fraction of sp³-hybridized carbons (Fsp3) is 0.667. The van der Waals surface area contributed by atoms with Gasteiger partial charge in [0.25, 0.3) is 0 Å². The number of carbonyl (C=O) groups excluding carboxylic acids is 1. The fourth-order valence-corrected chi connectivity index (χ4v) is 1.40. The molecule has 1 aromatic heterocycles. The van der Waals surface area contributed by atoms with Crippen molar-refractivity contribution < 1.29 is 14.7 Å². The Bertz CT molecular complexity index is 448. The Balaban J connectivity index is 2.34. The number of carboxylic acids is 1. The molecule has 1 heterocycles. The molecule has 106 valence electrons. The van der Waals surface area contributed by atoms with E-state index in [4.69, 9.17) is 5.11 Å². The number of rotatable bonds is 6. The van der Waals surface area contributed by atoms with Crippen molar-refractivity contribution in [2.24, 2.45) is 5.41 Å². The van der Waals surface area contributed by atoms with Gasteiger partial charge in [-0.05, 0) is 11.8 Å². The summed E-state index contributed by atoms with van der Waals surface area (Å²) in [4.78, 5) is 22.1. The second kappa shape index (κ2) is 6.31. The molecule has 0 atom stereocenters. The van der Waals surface area contributed by atoms with E-state index in [1.807, 2.05) is 0 Å². The van der Waals surface area contributed by atoms with Gasteiger partial charge in [-0.15, -0.1) is 5.10 Å². The summed E-state index contributed by atoms with van der Waals surface area (Å²) in [5, 5.41) is 18.8. The van der Waals surface area contributed by atoms with Crippen LogP contribution in [0.2, 0.25) is 0 Å². The van der Waals surface area contributed by atoms with Crippen molar-refractivity contribution in [1.29, 1.82) is 0 Å². The predicted octanol–water partition coefficient (Wildman–Crippen LogP) is 0.805. The topological polar surface area (TPSA) is 97.1 Å². The number of hydrogen-bond donors (Lipinski definition) is 2. The first-order chi connectivity index (χ1) is 8.76. The van der Waals surface area contributed by atoms with Crippen LogP contribution in [-0.4, -0.2) is 32.0 Å². The highest BCUT2D eigenvalue weighted by atomic mass is 16.4. The summed E-state index contributed by atoms with van der Waals surface area (Å²) in [7, 11) is 0. The molecule has 1 rings (SSSR count). The molecule has 0 fully saturated rings. The molecule has 2 N–H and O–H groups in total. The largest absolute Gasteiger partial charge is 0.480 e. The van der Waals surface area contributed by atoms with E-state index >= 15 is 0 Å². The van der Waals surface area contributed by atoms with Crippen molar-refractivity contribution >= 4 is 11.9 Å². The molecule has 0 aliphatic rings. The van der Waals surface area contributed by atoms with Gasteiger partial charge in [-0.3, -0.25) is 9.59 Å². The molecule has 7 heteroatoms. The third kappa shape index (κ3) is 6.54. The van der Waals surface area contributed by atoms with Crippen LogP contribution in [-0.2, 0) is 22.7 Å². The molecular formula is C12H20N4O3. The second-order valence-electron chi connectivity index (χ2n) is 5.64. The molecule has 0 unspecified atom stereocenters. The van der Waals surface area contributed by atoms with Crippen molar-refractivity contribution in [3.05, 3.63) is 11.9 Å². The first-order valence-corrected chi connectivity index (χ1v) is 6.14. The van der Waals surface area contributed by atoms with E-state index < -0.39 is 5.97 Å². The monoisotopic (exact) mass is 268 g/mol. The second-order valence-corrected chi connectivity index (χ2v) is 5.64. The van der Waals surface area contributed by atoms with Gasteiger partial charge in [0.2, 0.25) is 5.91 Å². The van der Waals surface area contributed by atoms with Gasteiger partial charge in [-0.2, -0.15) is 0 Å². The van der Waals surface area contributed by atoms with Crippen molar-refractivity contribution in [3.63, 3.8) is 0 Å². The molecule has 0 radical (unpaired) electrons. The third-order valence-electron chi connectivity index (χ3n) is 2.45. The van der Waals surface area contributed by atoms with Crippen LogP contribution >= 0.6 is 0 Å². The van der Waals surface area contributed by atoms with E-state index in [9.17, 15) is 9.59 Å². The van der Waals surface area contributed by atoms with Crippen molar-refractivity contribution in [2.45, 2.75) is 46.7 Å². The van der Waals surface area contributed by atoms with E-state index in [1.54, 1.807) is 0 Å². The van der Waals surface area contributed by atoms with E-state index in [2.05, 4.69) is 36.4 Å². The van der Waals surface area contributed by atoms with Crippen molar-refractivity contribution in [1.82, 2.24) is 20.3 Å². The van der Waals surface area contributed by atoms with Crippen LogP contribution in [0.25, 0.3) is 0 Å². The molecule has 0 saturated carbocycles. The Labute approximate surface area is 112 Å². The van der Waals surface area contributed by atoms with Gasteiger partial charge in [0, 0.05) is 6.42 Å². The van der Waals surface area contributed by atoms with Gasteiger partial charge in [0.15, 0.2) is 0 Å². The van der Waals surface area contributed by atoms with E-state index in [0.717, 1.165) is 6.42 Å². The normalized spacial score (nSPS) is 11.3. The molecule has 0 aliphatic carbocycles. The van der Waals surface area contributed by atoms with Gasteiger partial charge in [-0.25, -0.2) is 4.68 Å². The number of nitrogens with one attached hydrogen (secondary N) is 1. The minimum absolute atomic E-state index is 0.0392. The van der Waals surface area contributed by atoms with Gasteiger partial charge in [0.05, 0.1) is 12.7 Å². The maximum atomic E-state index is 11.6. The van der Waals surface area contributed by atoms with Crippen LogP contribution in [0, 0.1) is 5.41 Å². The summed E-state index contributed by atoms with van der Waals surface area (Å²) >= 11 is 0. The van der Waals surface area contributed by atoms with Gasteiger partial charge < -0.3 is 10.4 Å². The summed E-state index contributed by atoms with van der Waals surface area (Å²) in [5.41, 5.74) is 0.674. The Morgan fingerprint density at radius 1 is 1.42 bits per heavy atom. The molecule has 19 heavy (non-hydrogen) atoms. The smallest absolute Gasteiger partial charge is 0.325 e. The average molecular weight is 268 g/mol. The molecular weight excluding hydrogens is 248 g/mol. The molecule has 1 amide bonds. The van der Waals surface area contributed by atoms with Gasteiger partial charge >= 0.3 is 5.97 Å². The highest BCUT2D eigenvalue weighted by molar-refractivity contribution is 5.75. The number of amides is 1. The lowest BCUT2D eigenvalue weighted by molar-refractivity contribution is -0.138. The number of aliphatic carboxylic acids is 1. The highest BCUT2D eigenvalue weighted by Gasteiger charge is 2.13. The molecule has 0 bridgehead atoms. The van der Waals surface area contributed by atoms with Gasteiger partial charge in [-0.1, -0.05) is 26.0 Å². The minimum Gasteiger partial charge on any atom is -0.480 e. The number of nitrogens with zero attached hydrogens (tertiary/aromatic N) is 3. The Kier molecular flexibility index (Phi) is 5.02. The fourth-order valence-electron chi connectivity index (χ4n) is 1.40. The van der Waals surface area contributed by atoms with Gasteiger partial charge in [0.1, 0.15) is 12.2 Å². The summed E-state index contributed by atoms with van der Waals surface area (Å²) in [6, 6.07) is 0. The Hall–Kier alpha value is -1.92. The lowest BCUT2D eigenvalue weighted by Crippen LogP contribution is -2.24. The molecule has 0 saturated heterocycles. The number of aromatic nitrogens is 3. The van der Waals surface area contributed by atoms with E-state index in [-0.39, 0.29) is 24.4 Å². The Morgan fingerprint density at radius 2 is 2.11 bits per heavy atom. The predicted molar refractivity (Wildman–Crippen MR) is 68.2 cm³/mol. The zero-order valence-electron chi connectivity index (χ0n) is 11.5. The SMILES string of the molecule is CC(C)(C)CCC(=O)NCc1cn(CC(=O)O)nn1. The van der Waals surface area contributed by atoms with E-state index in [0.29, 0.717) is 12.1 Å². The van der Waals surface area contributed by atoms with Crippen LogP contribution in [0.5, 0.6) is 0 Å². The maximum Gasteiger partial charge on any atom is 0.325 e. The van der Waals surface area contributed by atoms with Crippen LogP contribution in [0.3, 0.4) is 0 Å². The maximum absolute atomic E-state index is 11.6. The third-order valence-corrected chi connectivity index (χ3v) is 2.45. The lowest BCUT2D eigenvalue weighted by Gasteiger charge is -2.17. The molecule has 0 spiro atoms. The standard InChI is InChI=1S/C12H20N4O3/c1-12(2,3)5-4-10(17)13-6-9-7-16(15-14-9)8-11(18)19/h7H,4-6,8H2,1-3H3,(H,13,17)(H,18,19). The average Bonchev–Trinajstić information content (AvgIpc) is 2.69. The Morgan fingerprint density at radius 3 is 2.68 bits per heavy atom. The molecule has 7 nitrogen and oxygen atoms in total. The zero-order chi connectivity index (χ0) is 14.5. The number of carbonyl (C=O) groups is 2. The van der Waals surface area contributed by atoms with Crippen LogP contribution < -0.4 is 5.32 Å². The summed E-state index contributed by atoms with van der Waals surface area (Å²) in [5.74, 6) is -1.02. The van der Waals surface area contributed by atoms with Crippen LogP contribution in [0.4, 0.5) is 0 Å². The number of carboxylic acid groups (broad SMARTS) is 1.